The van der Waals surface area contributed by atoms with Crippen molar-refractivity contribution in [3.63, 3.8) is 0 Å². The van der Waals surface area contributed by atoms with E-state index in [0.29, 0.717) is 0 Å². The van der Waals surface area contributed by atoms with Gasteiger partial charge in [0.2, 0.25) is 16.3 Å². The molecule has 0 bridgehead atoms. The van der Waals surface area contributed by atoms with Gasteiger partial charge < -0.3 is 0 Å². The molecule has 0 N–H and O–H groups in total. The molecule has 0 aliphatic heterocycles. The van der Waals surface area contributed by atoms with E-state index in [9.17, 15) is 0 Å². The van der Waals surface area contributed by atoms with Crippen LogP contribution in [0.5, 0.6) is 0 Å². The van der Waals surface area contributed by atoms with Gasteiger partial charge in [-0.2, -0.15) is 0 Å². The minimum Gasteiger partial charge on any atom is -0.269 e. The minimum atomic E-state index is 0. The van der Waals surface area contributed by atoms with Crippen LogP contribution in [0.25, 0.3) is 0 Å². The number of halogens is 1. The first kappa shape index (κ1) is 10.7. The number of rotatable bonds is 1. The fourth-order valence-corrected chi connectivity index (χ4v) is 1.34. The van der Waals surface area contributed by atoms with E-state index < -0.39 is 0 Å². The number of aryl methyl sites for hydroxylation is 1. The minimum absolute atomic E-state index is 0. The van der Waals surface area contributed by atoms with Crippen LogP contribution in [-0.4, -0.2) is 16.3 Å². The van der Waals surface area contributed by atoms with Gasteiger partial charge in [-0.1, -0.05) is 47.1 Å². The molecular formula is C9H14AlF. The molecule has 0 amide bonds. The molecule has 1 aromatic rings. The number of benzene rings is 1. The van der Waals surface area contributed by atoms with Gasteiger partial charge in [0, 0.05) is 0 Å². The van der Waals surface area contributed by atoms with Crippen molar-refractivity contribution < 1.29 is 4.70 Å². The van der Waals surface area contributed by atoms with Gasteiger partial charge in [0.15, 0.2) is 0 Å². The normalized spacial score (nSPS) is 11.8. The van der Waals surface area contributed by atoms with Crippen molar-refractivity contribution in [2.75, 3.05) is 0 Å². The fraction of sp³-hybridized carbons (Fsp3) is 0.333. The second kappa shape index (κ2) is 4.54. The van der Waals surface area contributed by atoms with Crippen LogP contribution in [0, 0.1) is 6.92 Å². The van der Waals surface area contributed by atoms with Gasteiger partial charge >= 0.3 is 0 Å². The van der Waals surface area contributed by atoms with Crippen molar-refractivity contribution in [2.45, 2.75) is 18.6 Å². The monoisotopic (exact) mass is 168 g/mol. The first-order chi connectivity index (χ1) is 4.70. The van der Waals surface area contributed by atoms with E-state index in [4.69, 9.17) is 0 Å². The predicted octanol–water partition coefficient (Wildman–Crippen LogP) is 1.84. The standard InChI is InChI=1S/C9H11.Al.FH.2H/c1-3-9-6-4-8(2)5-7-9;;;;/h3-7H,1-2H3;;1H;;. The molecule has 1 aromatic carbocycles. The molecule has 11 heavy (non-hydrogen) atoms. The van der Waals surface area contributed by atoms with Crippen LogP contribution in [0.15, 0.2) is 24.3 Å². The maximum absolute atomic E-state index is 2.27. The van der Waals surface area contributed by atoms with E-state index in [1.807, 2.05) is 0 Å². The quantitative estimate of drug-likeness (QED) is 0.561. The third kappa shape index (κ3) is 3.05. The third-order valence-electron chi connectivity index (χ3n) is 1.74. The molecule has 0 fully saturated rings. The summed E-state index contributed by atoms with van der Waals surface area (Å²) >= 11 is 1.25. The Balaban J connectivity index is 0.000001000. The zero-order chi connectivity index (χ0) is 7.56. The van der Waals surface area contributed by atoms with Crippen molar-refractivity contribution in [3.05, 3.63) is 35.4 Å². The zero-order valence-corrected chi connectivity index (χ0v) is 9.29. The molecule has 0 spiro atoms. The summed E-state index contributed by atoms with van der Waals surface area (Å²) in [6.07, 6.45) is 0. The first-order valence-electron chi connectivity index (χ1n) is 3.76. The predicted molar refractivity (Wildman–Crippen MR) is 50.6 cm³/mol. The van der Waals surface area contributed by atoms with Crippen molar-refractivity contribution in [2.24, 2.45) is 0 Å². The van der Waals surface area contributed by atoms with E-state index in [-0.39, 0.29) is 4.70 Å². The summed E-state index contributed by atoms with van der Waals surface area (Å²) in [5.74, 6) is 0. The van der Waals surface area contributed by atoms with Crippen molar-refractivity contribution in [1.82, 2.24) is 0 Å². The molecular weight excluding hydrogens is 154 g/mol. The van der Waals surface area contributed by atoms with E-state index in [1.54, 1.807) is 0 Å². The Morgan fingerprint density at radius 3 is 2.00 bits per heavy atom. The van der Waals surface area contributed by atoms with E-state index in [1.165, 1.54) is 27.4 Å². The third-order valence-corrected chi connectivity index (χ3v) is 2.41. The molecule has 2 heteroatoms. The van der Waals surface area contributed by atoms with Gasteiger partial charge in [-0.05, 0) is 6.92 Å². The van der Waals surface area contributed by atoms with Crippen molar-refractivity contribution in [3.8, 4) is 0 Å². The van der Waals surface area contributed by atoms with Gasteiger partial charge in [-0.15, -0.1) is 0 Å². The number of hydrogen-bond donors (Lipinski definition) is 0. The molecule has 0 aromatic heterocycles. The van der Waals surface area contributed by atoms with Crippen LogP contribution >= 0.6 is 0 Å². The highest BCUT2D eigenvalue weighted by Crippen LogP contribution is 2.11. The molecule has 0 nitrogen and oxygen atoms in total. The summed E-state index contributed by atoms with van der Waals surface area (Å²) in [6, 6.07) is 8.83. The molecule has 1 unspecified atom stereocenters. The van der Waals surface area contributed by atoms with E-state index in [2.05, 4.69) is 38.1 Å². The zero-order valence-electron chi connectivity index (χ0n) is 7.29. The van der Waals surface area contributed by atoms with Gasteiger partial charge in [-0.25, -0.2) is 0 Å². The smallest absolute Gasteiger partial charge is 0.222 e. The van der Waals surface area contributed by atoms with Crippen molar-refractivity contribution >= 4 is 16.3 Å². The second-order valence-electron chi connectivity index (χ2n) is 3.07. The highest BCUT2D eigenvalue weighted by atomic mass is 27.0. The molecule has 1 rings (SSSR count). The largest absolute Gasteiger partial charge is 0.269 e. The summed E-state index contributed by atoms with van der Waals surface area (Å²) < 4.78 is 0.792. The van der Waals surface area contributed by atoms with E-state index >= 15 is 0 Å². The Hall–Kier alpha value is -0.318. The second-order valence-corrected chi connectivity index (χ2v) is 4.80. The van der Waals surface area contributed by atoms with Gasteiger partial charge in [0.05, 0.1) is 0 Å². The molecule has 0 aliphatic carbocycles. The topological polar surface area (TPSA) is 0 Å². The lowest BCUT2D eigenvalue weighted by Crippen LogP contribution is -1.90. The average Bonchev–Trinajstić information content (AvgIpc) is 1.88. The van der Waals surface area contributed by atoms with E-state index in [0.717, 1.165) is 4.78 Å². The SMILES string of the molecule is Cc1ccc([CH](C)[AlH2])cc1.F. The van der Waals surface area contributed by atoms with Crippen molar-refractivity contribution in [1.29, 1.82) is 0 Å². The average molecular weight is 168 g/mol. The van der Waals surface area contributed by atoms with Crippen LogP contribution in [0.3, 0.4) is 0 Å². The summed E-state index contributed by atoms with van der Waals surface area (Å²) in [5, 5.41) is 0. The summed E-state index contributed by atoms with van der Waals surface area (Å²) in [4.78, 5) is 0. The lowest BCUT2D eigenvalue weighted by Gasteiger charge is -2.03. The van der Waals surface area contributed by atoms with Crippen LogP contribution < -0.4 is 0 Å². The Morgan fingerprint density at radius 1 is 1.18 bits per heavy atom. The Bertz CT molecular complexity index is 203. The Morgan fingerprint density at radius 2 is 1.64 bits per heavy atom. The van der Waals surface area contributed by atoms with Gasteiger partial charge in [-0.3, -0.25) is 4.70 Å². The maximum atomic E-state index is 2.27. The summed E-state index contributed by atoms with van der Waals surface area (Å²) in [7, 11) is 0. The van der Waals surface area contributed by atoms with Gasteiger partial charge in [0.25, 0.3) is 0 Å². The van der Waals surface area contributed by atoms with Crippen LogP contribution in [0.1, 0.15) is 22.8 Å². The lowest BCUT2D eigenvalue weighted by atomic mass is 10.1. The van der Waals surface area contributed by atoms with Crippen LogP contribution in [0.2, 0.25) is 0 Å². The first-order valence-corrected chi connectivity index (χ1v) is 4.92. The summed E-state index contributed by atoms with van der Waals surface area (Å²) in [5.41, 5.74) is 2.84. The maximum Gasteiger partial charge on any atom is 0.222 e. The van der Waals surface area contributed by atoms with Crippen LogP contribution in [0.4, 0.5) is 4.70 Å². The van der Waals surface area contributed by atoms with Crippen LogP contribution in [-0.2, 0) is 0 Å². The molecule has 60 valence electrons. The fourth-order valence-electron chi connectivity index (χ4n) is 0.951. The molecule has 1 atom stereocenters. The van der Waals surface area contributed by atoms with Gasteiger partial charge in [0.1, 0.15) is 0 Å². The molecule has 0 heterocycles. The Labute approximate surface area is 75.4 Å². The summed E-state index contributed by atoms with van der Waals surface area (Å²) in [6.45, 7) is 4.40. The lowest BCUT2D eigenvalue weighted by molar-refractivity contribution is 1.08. The molecule has 0 radical (unpaired) electrons. The molecule has 0 saturated heterocycles. The highest BCUT2D eigenvalue weighted by Gasteiger charge is 1.95. The Kier molecular flexibility index (Phi) is 4.41. The molecule has 0 saturated carbocycles. The molecule has 0 aliphatic rings. The highest BCUT2D eigenvalue weighted by molar-refractivity contribution is 6.12. The number of hydrogen-bond acceptors (Lipinski definition) is 0.